The number of aliphatic carboxylic acids is 1. The van der Waals surface area contributed by atoms with Crippen LogP contribution in [0.2, 0.25) is 10.0 Å². The zero-order valence-corrected chi connectivity index (χ0v) is 19.3. The topological polar surface area (TPSA) is 55.8 Å². The summed E-state index contributed by atoms with van der Waals surface area (Å²) in [6, 6.07) is 11.1. The van der Waals surface area contributed by atoms with Gasteiger partial charge in [0.1, 0.15) is 11.5 Å². The number of thioether (sulfide) groups is 1. The van der Waals surface area contributed by atoms with Crippen molar-refractivity contribution in [3.63, 3.8) is 0 Å². The van der Waals surface area contributed by atoms with Crippen molar-refractivity contribution in [2.24, 2.45) is 5.92 Å². The van der Waals surface area contributed by atoms with E-state index in [4.69, 9.17) is 32.7 Å². The first kappa shape index (κ1) is 23.7. The summed E-state index contributed by atoms with van der Waals surface area (Å²) >= 11 is 13.7. The van der Waals surface area contributed by atoms with Crippen LogP contribution in [0.25, 0.3) is 0 Å². The van der Waals surface area contributed by atoms with Crippen LogP contribution < -0.4 is 9.47 Å². The van der Waals surface area contributed by atoms with Crippen molar-refractivity contribution in [1.82, 2.24) is 0 Å². The highest BCUT2D eigenvalue weighted by Gasteiger charge is 2.29. The Morgan fingerprint density at radius 2 is 1.90 bits per heavy atom. The van der Waals surface area contributed by atoms with Crippen LogP contribution in [0.3, 0.4) is 0 Å². The molecule has 0 aliphatic rings. The van der Waals surface area contributed by atoms with Crippen molar-refractivity contribution in [2.75, 3.05) is 12.4 Å². The Balaban J connectivity index is 1.92. The van der Waals surface area contributed by atoms with Gasteiger partial charge < -0.3 is 14.6 Å². The van der Waals surface area contributed by atoms with Crippen LogP contribution in [0, 0.1) is 12.8 Å². The lowest BCUT2D eigenvalue weighted by molar-refractivity contribution is -0.152. The monoisotopic (exact) mass is 456 g/mol. The average molecular weight is 457 g/mol. The first-order valence-electron chi connectivity index (χ1n) is 9.36. The first-order valence-corrected chi connectivity index (χ1v) is 11.1. The predicted molar refractivity (Wildman–Crippen MR) is 120 cm³/mol. The van der Waals surface area contributed by atoms with Crippen LogP contribution in [0.4, 0.5) is 0 Å². The third kappa shape index (κ3) is 7.02. The van der Waals surface area contributed by atoms with Gasteiger partial charge in [-0.05, 0) is 63.1 Å². The predicted octanol–water partition coefficient (Wildman–Crippen LogP) is 6.74. The lowest BCUT2D eigenvalue weighted by atomic mass is 10.1. The molecule has 2 aromatic rings. The number of carbonyl (C=O) groups is 1. The number of aryl methyl sites for hydroxylation is 1. The van der Waals surface area contributed by atoms with E-state index in [0.717, 1.165) is 22.6 Å². The van der Waals surface area contributed by atoms with Crippen molar-refractivity contribution in [2.45, 2.75) is 44.6 Å². The molecule has 0 radical (unpaired) electrons. The second-order valence-electron chi connectivity index (χ2n) is 7.32. The summed E-state index contributed by atoms with van der Waals surface area (Å²) in [6.45, 7) is 7.73. The summed E-state index contributed by atoms with van der Waals surface area (Å²) in [5.41, 5.74) is -0.362. The molecule has 4 nitrogen and oxygen atoms in total. The quantitative estimate of drug-likeness (QED) is 0.401. The highest BCUT2D eigenvalue weighted by molar-refractivity contribution is 7.99. The summed E-state index contributed by atoms with van der Waals surface area (Å²) < 4.78 is 11.5. The van der Waals surface area contributed by atoms with Gasteiger partial charge in [-0.15, -0.1) is 11.8 Å². The van der Waals surface area contributed by atoms with Gasteiger partial charge in [-0.3, -0.25) is 0 Å². The molecule has 0 aliphatic heterocycles. The van der Waals surface area contributed by atoms with Gasteiger partial charge in [-0.2, -0.15) is 0 Å². The largest absolute Gasteiger partial charge is 0.493 e. The van der Waals surface area contributed by atoms with E-state index in [1.165, 1.54) is 13.8 Å². The third-order valence-corrected chi connectivity index (χ3v) is 6.43. The van der Waals surface area contributed by atoms with Crippen molar-refractivity contribution in [3.8, 4) is 11.5 Å². The molecule has 158 valence electrons. The molecule has 0 heterocycles. The van der Waals surface area contributed by atoms with Crippen LogP contribution in [-0.2, 0) is 4.79 Å². The molecular weight excluding hydrogens is 431 g/mol. The molecule has 2 aromatic carbocycles. The number of halogens is 2. The zero-order valence-electron chi connectivity index (χ0n) is 17.0. The number of carboxylic acid groups (broad SMARTS) is 1. The van der Waals surface area contributed by atoms with Gasteiger partial charge in [0.2, 0.25) is 0 Å². The highest BCUT2D eigenvalue weighted by Crippen LogP contribution is 2.30. The molecule has 1 unspecified atom stereocenters. The Morgan fingerprint density at radius 3 is 2.48 bits per heavy atom. The number of carboxylic acids is 1. The van der Waals surface area contributed by atoms with Gasteiger partial charge in [0.15, 0.2) is 5.60 Å². The minimum Gasteiger partial charge on any atom is -0.493 e. The van der Waals surface area contributed by atoms with E-state index >= 15 is 0 Å². The van der Waals surface area contributed by atoms with Crippen molar-refractivity contribution in [1.29, 1.82) is 0 Å². The normalized spacial score (nSPS) is 12.5. The van der Waals surface area contributed by atoms with Gasteiger partial charge in [-0.25, -0.2) is 4.79 Å². The summed E-state index contributed by atoms with van der Waals surface area (Å²) in [7, 11) is 0. The van der Waals surface area contributed by atoms with Crippen molar-refractivity contribution in [3.05, 3.63) is 52.0 Å². The second kappa shape index (κ2) is 10.5. The minimum atomic E-state index is -1.27. The fourth-order valence-corrected chi connectivity index (χ4v) is 3.90. The summed E-state index contributed by atoms with van der Waals surface area (Å²) in [4.78, 5) is 12.4. The SMILES string of the molecule is CCC(COc1ccc(Cl)c(Cl)c1)CSc1ccc(OC(C)(C)C(=O)O)c(C)c1. The summed E-state index contributed by atoms with van der Waals surface area (Å²) in [6.07, 6.45) is 0.987. The molecule has 0 spiro atoms. The van der Waals surface area contributed by atoms with Gasteiger partial charge in [0.05, 0.1) is 16.7 Å². The maximum atomic E-state index is 11.3. The van der Waals surface area contributed by atoms with Gasteiger partial charge >= 0.3 is 5.97 Å². The summed E-state index contributed by atoms with van der Waals surface area (Å²) in [5.74, 6) is 1.57. The Kier molecular flexibility index (Phi) is 8.56. The molecule has 29 heavy (non-hydrogen) atoms. The van der Waals surface area contributed by atoms with Gasteiger partial charge in [0.25, 0.3) is 0 Å². The molecule has 0 aromatic heterocycles. The van der Waals surface area contributed by atoms with Crippen LogP contribution >= 0.6 is 35.0 Å². The second-order valence-corrected chi connectivity index (χ2v) is 9.22. The smallest absolute Gasteiger partial charge is 0.347 e. The average Bonchev–Trinajstić information content (AvgIpc) is 2.66. The molecule has 0 bridgehead atoms. The third-order valence-electron chi connectivity index (χ3n) is 4.47. The molecule has 0 aliphatic carbocycles. The van der Waals surface area contributed by atoms with Crippen LogP contribution in [0.1, 0.15) is 32.8 Å². The highest BCUT2D eigenvalue weighted by atomic mass is 35.5. The molecule has 7 heteroatoms. The van der Waals surface area contributed by atoms with E-state index in [1.54, 1.807) is 23.9 Å². The molecule has 1 N–H and O–H groups in total. The van der Waals surface area contributed by atoms with Crippen molar-refractivity contribution < 1.29 is 19.4 Å². The Labute approximate surface area is 186 Å². The Hall–Kier alpha value is -1.56. The summed E-state index contributed by atoms with van der Waals surface area (Å²) in [5, 5.41) is 10.2. The molecule has 0 saturated heterocycles. The standard InChI is InChI=1S/C22H26Cl2O4S/c1-5-15(12-27-16-6-8-18(23)19(24)11-16)13-29-17-7-9-20(14(2)10-17)28-22(3,4)21(25)26/h6-11,15H,5,12-13H2,1-4H3,(H,25,26). The van der Waals surface area contributed by atoms with Crippen LogP contribution in [-0.4, -0.2) is 29.0 Å². The maximum Gasteiger partial charge on any atom is 0.347 e. The fraction of sp³-hybridized carbons (Fsp3) is 0.409. The molecule has 0 saturated carbocycles. The van der Waals surface area contributed by atoms with E-state index in [-0.39, 0.29) is 0 Å². The molecule has 2 rings (SSSR count). The van der Waals surface area contributed by atoms with E-state index in [9.17, 15) is 9.90 Å². The fourth-order valence-electron chi connectivity index (χ4n) is 2.42. The first-order chi connectivity index (χ1) is 13.6. The lowest BCUT2D eigenvalue weighted by Gasteiger charge is -2.23. The van der Waals surface area contributed by atoms with E-state index in [0.29, 0.717) is 34.1 Å². The van der Waals surface area contributed by atoms with E-state index < -0.39 is 11.6 Å². The van der Waals surface area contributed by atoms with Crippen LogP contribution in [0.5, 0.6) is 11.5 Å². The molecule has 1 atom stereocenters. The van der Waals surface area contributed by atoms with Crippen molar-refractivity contribution >= 4 is 40.9 Å². The van der Waals surface area contributed by atoms with Crippen LogP contribution in [0.15, 0.2) is 41.3 Å². The molecular formula is C22H26Cl2O4S. The molecule has 0 amide bonds. The Morgan fingerprint density at radius 1 is 1.17 bits per heavy atom. The zero-order chi connectivity index (χ0) is 21.6. The number of hydrogen-bond acceptors (Lipinski definition) is 4. The Bertz CT molecular complexity index is 855. The number of rotatable bonds is 10. The number of benzene rings is 2. The lowest BCUT2D eigenvalue weighted by Crippen LogP contribution is -2.38. The van der Waals surface area contributed by atoms with Gasteiger partial charge in [-0.1, -0.05) is 30.1 Å². The van der Waals surface area contributed by atoms with Gasteiger partial charge in [0, 0.05) is 22.6 Å². The van der Waals surface area contributed by atoms with E-state index in [1.807, 2.05) is 31.2 Å². The minimum absolute atomic E-state index is 0.372. The van der Waals surface area contributed by atoms with E-state index in [2.05, 4.69) is 6.92 Å². The molecule has 0 fully saturated rings. The number of hydrogen-bond donors (Lipinski definition) is 1. The number of ether oxygens (including phenoxy) is 2. The maximum absolute atomic E-state index is 11.3.